The van der Waals surface area contributed by atoms with Gasteiger partial charge in [0, 0.05) is 6.54 Å². The molecule has 1 aliphatic rings. The molecule has 0 bridgehead atoms. The van der Waals surface area contributed by atoms with Crippen molar-refractivity contribution in [2.45, 2.75) is 45.4 Å². The van der Waals surface area contributed by atoms with Gasteiger partial charge in [-0.3, -0.25) is 0 Å². The zero-order valence-electron chi connectivity index (χ0n) is 8.94. The van der Waals surface area contributed by atoms with Crippen LogP contribution in [0.5, 0.6) is 0 Å². The molecule has 3 N–H and O–H groups in total. The lowest BCUT2D eigenvalue weighted by molar-refractivity contribution is 0.192. The van der Waals surface area contributed by atoms with E-state index in [0.717, 1.165) is 19.6 Å². The summed E-state index contributed by atoms with van der Waals surface area (Å²) >= 11 is 0. The van der Waals surface area contributed by atoms with Crippen molar-refractivity contribution >= 4 is 0 Å². The number of hydrogen-bond acceptors (Lipinski definition) is 2. The van der Waals surface area contributed by atoms with Gasteiger partial charge in [0.2, 0.25) is 0 Å². The average Bonchev–Trinajstić information content (AvgIpc) is 2.20. The zero-order chi connectivity index (χ0) is 9.57. The van der Waals surface area contributed by atoms with Crippen LogP contribution in [0.1, 0.15) is 45.4 Å². The third kappa shape index (κ3) is 3.28. The van der Waals surface area contributed by atoms with Crippen molar-refractivity contribution in [3.63, 3.8) is 0 Å². The van der Waals surface area contributed by atoms with E-state index < -0.39 is 0 Å². The van der Waals surface area contributed by atoms with Crippen LogP contribution in [0.2, 0.25) is 0 Å². The van der Waals surface area contributed by atoms with Crippen molar-refractivity contribution in [2.75, 3.05) is 19.6 Å². The second-order valence-electron chi connectivity index (χ2n) is 4.44. The Hall–Kier alpha value is -0.0800. The molecule has 2 nitrogen and oxygen atoms in total. The Labute approximate surface area is 82.3 Å². The van der Waals surface area contributed by atoms with E-state index in [4.69, 9.17) is 5.73 Å². The van der Waals surface area contributed by atoms with Crippen LogP contribution in [-0.2, 0) is 0 Å². The molecule has 1 aliphatic carbocycles. The lowest BCUT2D eigenvalue weighted by Crippen LogP contribution is -2.42. The van der Waals surface area contributed by atoms with Crippen LogP contribution in [0.15, 0.2) is 0 Å². The fourth-order valence-corrected chi connectivity index (χ4v) is 2.29. The second-order valence-corrected chi connectivity index (χ2v) is 4.44. The maximum Gasteiger partial charge on any atom is 0.00199 e. The largest absolute Gasteiger partial charge is 0.330 e. The normalized spacial score (nSPS) is 21.7. The second kappa shape index (κ2) is 5.61. The average molecular weight is 184 g/mol. The van der Waals surface area contributed by atoms with Gasteiger partial charge in [-0.05, 0) is 37.8 Å². The van der Waals surface area contributed by atoms with Crippen molar-refractivity contribution in [2.24, 2.45) is 11.1 Å². The van der Waals surface area contributed by atoms with Gasteiger partial charge >= 0.3 is 0 Å². The first-order valence-corrected chi connectivity index (χ1v) is 5.74. The molecule has 0 radical (unpaired) electrons. The first-order chi connectivity index (χ1) is 6.33. The third-order valence-electron chi connectivity index (χ3n) is 3.27. The predicted octanol–water partition coefficient (Wildman–Crippen LogP) is 1.90. The molecule has 0 saturated heterocycles. The van der Waals surface area contributed by atoms with Gasteiger partial charge in [0.05, 0.1) is 0 Å². The van der Waals surface area contributed by atoms with Gasteiger partial charge < -0.3 is 11.1 Å². The van der Waals surface area contributed by atoms with E-state index in [0.29, 0.717) is 5.41 Å². The van der Waals surface area contributed by atoms with E-state index >= 15 is 0 Å². The molecule has 0 unspecified atom stereocenters. The van der Waals surface area contributed by atoms with E-state index in [2.05, 4.69) is 12.2 Å². The Morgan fingerprint density at radius 3 is 2.46 bits per heavy atom. The van der Waals surface area contributed by atoms with E-state index in [9.17, 15) is 0 Å². The van der Waals surface area contributed by atoms with Gasteiger partial charge in [-0.1, -0.05) is 26.2 Å². The summed E-state index contributed by atoms with van der Waals surface area (Å²) in [4.78, 5) is 0. The molecule has 0 amide bonds. The summed E-state index contributed by atoms with van der Waals surface area (Å²) in [5.41, 5.74) is 6.32. The number of rotatable bonds is 5. The summed E-state index contributed by atoms with van der Waals surface area (Å²) in [6, 6.07) is 0. The highest BCUT2D eigenvalue weighted by atomic mass is 14.9. The maximum absolute atomic E-state index is 5.88. The molecule has 2 heteroatoms. The lowest BCUT2D eigenvalue weighted by Gasteiger charge is -2.36. The van der Waals surface area contributed by atoms with Gasteiger partial charge in [-0.2, -0.15) is 0 Å². The number of hydrogen-bond donors (Lipinski definition) is 2. The molecule has 0 aromatic carbocycles. The minimum absolute atomic E-state index is 0.438. The van der Waals surface area contributed by atoms with Crippen LogP contribution < -0.4 is 11.1 Å². The monoisotopic (exact) mass is 184 g/mol. The van der Waals surface area contributed by atoms with Gasteiger partial charge in [-0.25, -0.2) is 0 Å². The van der Waals surface area contributed by atoms with E-state index in [1.165, 1.54) is 38.5 Å². The minimum Gasteiger partial charge on any atom is -0.330 e. The van der Waals surface area contributed by atoms with Gasteiger partial charge in [0.25, 0.3) is 0 Å². The molecular weight excluding hydrogens is 160 g/mol. The topological polar surface area (TPSA) is 38.0 Å². The SMILES string of the molecule is CCCNCC1(CN)CCCCC1. The third-order valence-corrected chi connectivity index (χ3v) is 3.27. The van der Waals surface area contributed by atoms with Crippen LogP contribution in [0.25, 0.3) is 0 Å². The highest BCUT2D eigenvalue weighted by Crippen LogP contribution is 2.34. The first kappa shape index (κ1) is 11.0. The van der Waals surface area contributed by atoms with Crippen LogP contribution in [0.4, 0.5) is 0 Å². The summed E-state index contributed by atoms with van der Waals surface area (Å²) in [6.07, 6.45) is 8.06. The minimum atomic E-state index is 0.438. The lowest BCUT2D eigenvalue weighted by atomic mass is 9.74. The molecule has 1 rings (SSSR count). The molecule has 0 spiro atoms. The number of nitrogens with one attached hydrogen (secondary N) is 1. The molecule has 13 heavy (non-hydrogen) atoms. The summed E-state index contributed by atoms with van der Waals surface area (Å²) < 4.78 is 0. The van der Waals surface area contributed by atoms with Crippen molar-refractivity contribution in [1.82, 2.24) is 5.32 Å². The van der Waals surface area contributed by atoms with Crippen molar-refractivity contribution in [1.29, 1.82) is 0 Å². The predicted molar refractivity (Wildman–Crippen MR) is 57.7 cm³/mol. The molecule has 1 saturated carbocycles. The zero-order valence-corrected chi connectivity index (χ0v) is 8.94. The molecule has 78 valence electrons. The van der Waals surface area contributed by atoms with Gasteiger partial charge in [0.15, 0.2) is 0 Å². The smallest absolute Gasteiger partial charge is 0.00199 e. The molecular formula is C11H24N2. The molecule has 0 aromatic heterocycles. The van der Waals surface area contributed by atoms with Crippen LogP contribution in [-0.4, -0.2) is 19.6 Å². The Balaban J connectivity index is 2.29. The van der Waals surface area contributed by atoms with Crippen molar-refractivity contribution < 1.29 is 0 Å². The molecule has 0 heterocycles. The molecule has 0 atom stereocenters. The Kier molecular flexibility index (Phi) is 4.74. The van der Waals surface area contributed by atoms with E-state index in [1.54, 1.807) is 0 Å². The van der Waals surface area contributed by atoms with E-state index in [1.807, 2.05) is 0 Å². The summed E-state index contributed by atoms with van der Waals surface area (Å²) in [6.45, 7) is 5.35. The maximum atomic E-state index is 5.88. The van der Waals surface area contributed by atoms with Crippen molar-refractivity contribution in [3.8, 4) is 0 Å². The Morgan fingerprint density at radius 1 is 1.23 bits per heavy atom. The Bertz CT molecular complexity index is 128. The molecule has 1 fully saturated rings. The quantitative estimate of drug-likeness (QED) is 0.640. The number of nitrogens with two attached hydrogens (primary N) is 1. The molecule has 0 aliphatic heterocycles. The summed E-state index contributed by atoms with van der Waals surface area (Å²) in [7, 11) is 0. The van der Waals surface area contributed by atoms with Crippen LogP contribution >= 0.6 is 0 Å². The fourth-order valence-electron chi connectivity index (χ4n) is 2.29. The van der Waals surface area contributed by atoms with Gasteiger partial charge in [-0.15, -0.1) is 0 Å². The highest BCUT2D eigenvalue weighted by Gasteiger charge is 2.29. The van der Waals surface area contributed by atoms with E-state index in [-0.39, 0.29) is 0 Å². The standard InChI is InChI=1S/C11H24N2/c1-2-8-13-10-11(9-12)6-4-3-5-7-11/h13H,2-10,12H2,1H3. The fraction of sp³-hybridized carbons (Fsp3) is 1.00. The molecule has 0 aromatic rings. The summed E-state index contributed by atoms with van der Waals surface area (Å²) in [5.74, 6) is 0. The van der Waals surface area contributed by atoms with Crippen LogP contribution in [0, 0.1) is 5.41 Å². The van der Waals surface area contributed by atoms with Gasteiger partial charge in [0.1, 0.15) is 0 Å². The first-order valence-electron chi connectivity index (χ1n) is 5.74. The van der Waals surface area contributed by atoms with Crippen molar-refractivity contribution in [3.05, 3.63) is 0 Å². The van der Waals surface area contributed by atoms with Crippen LogP contribution in [0.3, 0.4) is 0 Å². The highest BCUT2D eigenvalue weighted by molar-refractivity contribution is 4.85. The summed E-state index contributed by atoms with van der Waals surface area (Å²) in [5, 5.41) is 3.52. The Morgan fingerprint density at radius 2 is 1.92 bits per heavy atom.